The first kappa shape index (κ1) is 17.7. The number of amides is 1. The zero-order valence-corrected chi connectivity index (χ0v) is 14.9. The summed E-state index contributed by atoms with van der Waals surface area (Å²) < 4.78 is 14.0. The van der Waals surface area contributed by atoms with Crippen molar-refractivity contribution in [2.24, 2.45) is 5.92 Å². The number of nitriles is 1. The number of halogens is 1. The average Bonchev–Trinajstić information content (AvgIpc) is 2.61. The molecule has 27 heavy (non-hydrogen) atoms. The summed E-state index contributed by atoms with van der Waals surface area (Å²) in [4.78, 5) is 14.2. The lowest BCUT2D eigenvalue weighted by atomic mass is 9.73. The van der Waals surface area contributed by atoms with E-state index in [0.29, 0.717) is 5.56 Å². The standard InChI is InChI=1S/C22H21FN2O2/c23-18-7-2-1-6-17(18)14-8-10-15(11-9-14)21-19(12-24)25(20(21)13-26)22(27)16-4-3-5-16/h1-2,6-11,16,19-21,26H,3-5,13H2/t19-,20+,21-/m0/s1. The molecule has 4 rings (SSSR count). The third-order valence-electron chi connectivity index (χ3n) is 5.92. The van der Waals surface area contributed by atoms with Gasteiger partial charge in [0, 0.05) is 17.4 Å². The molecule has 2 aromatic rings. The van der Waals surface area contributed by atoms with Crippen molar-refractivity contribution in [3.8, 4) is 17.2 Å². The molecule has 1 saturated heterocycles. The number of benzene rings is 2. The number of carbonyl (C=O) groups excluding carboxylic acids is 1. The molecule has 2 aromatic carbocycles. The quantitative estimate of drug-likeness (QED) is 0.903. The zero-order valence-electron chi connectivity index (χ0n) is 14.9. The maximum absolute atomic E-state index is 14.0. The Bertz CT molecular complexity index is 886. The molecule has 4 nitrogen and oxygen atoms in total. The molecule has 1 heterocycles. The van der Waals surface area contributed by atoms with Crippen molar-refractivity contribution < 1.29 is 14.3 Å². The van der Waals surface area contributed by atoms with Gasteiger partial charge in [0.2, 0.25) is 5.91 Å². The van der Waals surface area contributed by atoms with Crippen LogP contribution in [0.15, 0.2) is 48.5 Å². The van der Waals surface area contributed by atoms with E-state index >= 15 is 0 Å². The third kappa shape index (κ3) is 2.90. The van der Waals surface area contributed by atoms with E-state index < -0.39 is 6.04 Å². The van der Waals surface area contributed by atoms with Gasteiger partial charge in [0.1, 0.15) is 11.9 Å². The number of nitrogens with zero attached hydrogens (tertiary/aromatic N) is 2. The van der Waals surface area contributed by atoms with Gasteiger partial charge in [-0.15, -0.1) is 0 Å². The molecule has 0 spiro atoms. The number of rotatable bonds is 4. The van der Waals surface area contributed by atoms with Crippen molar-refractivity contribution in [3.63, 3.8) is 0 Å². The van der Waals surface area contributed by atoms with Crippen molar-refractivity contribution in [2.75, 3.05) is 6.61 Å². The van der Waals surface area contributed by atoms with E-state index in [1.165, 1.54) is 6.07 Å². The van der Waals surface area contributed by atoms with Crippen LogP contribution < -0.4 is 0 Å². The smallest absolute Gasteiger partial charge is 0.227 e. The Labute approximate surface area is 157 Å². The molecule has 1 aliphatic heterocycles. The van der Waals surface area contributed by atoms with Crippen LogP contribution in [-0.2, 0) is 4.79 Å². The summed E-state index contributed by atoms with van der Waals surface area (Å²) in [5, 5.41) is 19.5. The number of aliphatic hydroxyl groups is 1. The summed E-state index contributed by atoms with van der Waals surface area (Å²) in [6.07, 6.45) is 2.79. The van der Waals surface area contributed by atoms with E-state index in [1.54, 1.807) is 23.1 Å². The fourth-order valence-corrected chi connectivity index (χ4v) is 4.16. The summed E-state index contributed by atoms with van der Waals surface area (Å²) in [5.74, 6) is -0.515. The molecule has 0 bridgehead atoms. The second-order valence-electron chi connectivity index (χ2n) is 7.32. The molecule has 3 atom stereocenters. The van der Waals surface area contributed by atoms with E-state index in [9.17, 15) is 19.6 Å². The molecule has 2 fully saturated rings. The summed E-state index contributed by atoms with van der Waals surface area (Å²) in [7, 11) is 0. The highest BCUT2D eigenvalue weighted by Gasteiger charge is 2.53. The molecule has 0 unspecified atom stereocenters. The lowest BCUT2D eigenvalue weighted by Gasteiger charge is -2.53. The van der Waals surface area contributed by atoms with Crippen LogP contribution in [0.4, 0.5) is 4.39 Å². The van der Waals surface area contributed by atoms with E-state index in [-0.39, 0.29) is 36.2 Å². The molecule has 0 radical (unpaired) electrons. The average molecular weight is 364 g/mol. The SMILES string of the molecule is N#C[C@H]1[C@H](c2ccc(-c3ccccc3F)cc2)[C@@H](CO)N1C(=O)C1CCC1. The second kappa shape index (κ2) is 7.13. The van der Waals surface area contributed by atoms with Gasteiger partial charge in [-0.1, -0.05) is 48.9 Å². The van der Waals surface area contributed by atoms with Crippen molar-refractivity contribution in [2.45, 2.75) is 37.3 Å². The summed E-state index contributed by atoms with van der Waals surface area (Å²) >= 11 is 0. The van der Waals surface area contributed by atoms with Gasteiger partial charge in [-0.05, 0) is 30.0 Å². The molecule has 1 amide bonds. The number of aliphatic hydroxyl groups excluding tert-OH is 1. The van der Waals surface area contributed by atoms with Gasteiger partial charge in [-0.3, -0.25) is 4.79 Å². The van der Waals surface area contributed by atoms with E-state index in [0.717, 1.165) is 30.4 Å². The maximum Gasteiger partial charge on any atom is 0.227 e. The first-order chi connectivity index (χ1) is 13.2. The molecular weight excluding hydrogens is 343 g/mol. The fraction of sp³-hybridized carbons (Fsp3) is 0.364. The van der Waals surface area contributed by atoms with Crippen molar-refractivity contribution in [1.29, 1.82) is 5.26 Å². The van der Waals surface area contributed by atoms with Gasteiger partial charge < -0.3 is 10.0 Å². The topological polar surface area (TPSA) is 64.3 Å². The molecule has 2 aliphatic rings. The van der Waals surface area contributed by atoms with Crippen LogP contribution in [0.5, 0.6) is 0 Å². The number of hydrogen-bond acceptors (Lipinski definition) is 3. The lowest BCUT2D eigenvalue weighted by Crippen LogP contribution is -2.66. The highest BCUT2D eigenvalue weighted by Crippen LogP contribution is 2.43. The molecular formula is C22H21FN2O2. The van der Waals surface area contributed by atoms with Crippen LogP contribution in [-0.4, -0.2) is 34.6 Å². The van der Waals surface area contributed by atoms with Gasteiger partial charge in [0.05, 0.1) is 18.7 Å². The molecule has 1 aliphatic carbocycles. The van der Waals surface area contributed by atoms with Crippen LogP contribution in [0.3, 0.4) is 0 Å². The van der Waals surface area contributed by atoms with Gasteiger partial charge in [0.15, 0.2) is 0 Å². The molecule has 138 valence electrons. The Hall–Kier alpha value is -2.71. The maximum atomic E-state index is 14.0. The summed E-state index contributed by atoms with van der Waals surface area (Å²) in [6, 6.07) is 15.3. The Kier molecular flexibility index (Phi) is 4.67. The highest BCUT2D eigenvalue weighted by atomic mass is 19.1. The minimum absolute atomic E-state index is 0.000665. The van der Waals surface area contributed by atoms with Crippen molar-refractivity contribution in [3.05, 3.63) is 59.9 Å². The van der Waals surface area contributed by atoms with E-state index in [1.807, 2.05) is 24.3 Å². The van der Waals surface area contributed by atoms with Crippen LogP contribution >= 0.6 is 0 Å². The van der Waals surface area contributed by atoms with Crippen LogP contribution in [0.2, 0.25) is 0 Å². The van der Waals surface area contributed by atoms with Gasteiger partial charge >= 0.3 is 0 Å². The third-order valence-corrected chi connectivity index (χ3v) is 5.92. The predicted molar refractivity (Wildman–Crippen MR) is 99.0 cm³/mol. The predicted octanol–water partition coefficient (Wildman–Crippen LogP) is 3.47. The number of likely N-dealkylation sites (tertiary alicyclic amines) is 1. The molecule has 1 N–H and O–H groups in total. The van der Waals surface area contributed by atoms with E-state index in [4.69, 9.17) is 0 Å². The number of carbonyl (C=O) groups is 1. The zero-order chi connectivity index (χ0) is 19.0. The van der Waals surface area contributed by atoms with Crippen LogP contribution in [0.25, 0.3) is 11.1 Å². The van der Waals surface area contributed by atoms with Gasteiger partial charge in [-0.2, -0.15) is 5.26 Å². The Morgan fingerprint density at radius 2 is 1.89 bits per heavy atom. The first-order valence-corrected chi connectivity index (χ1v) is 9.33. The Morgan fingerprint density at radius 1 is 1.19 bits per heavy atom. The second-order valence-corrected chi connectivity index (χ2v) is 7.32. The summed E-state index contributed by atoms with van der Waals surface area (Å²) in [5.41, 5.74) is 2.17. The van der Waals surface area contributed by atoms with Gasteiger partial charge in [0.25, 0.3) is 0 Å². The number of hydrogen-bond donors (Lipinski definition) is 1. The fourth-order valence-electron chi connectivity index (χ4n) is 4.16. The van der Waals surface area contributed by atoms with E-state index in [2.05, 4.69) is 6.07 Å². The Balaban J connectivity index is 1.58. The van der Waals surface area contributed by atoms with Crippen LogP contribution in [0, 0.1) is 23.1 Å². The minimum atomic E-state index is -0.561. The summed E-state index contributed by atoms with van der Waals surface area (Å²) in [6.45, 7) is -0.170. The van der Waals surface area contributed by atoms with Crippen molar-refractivity contribution in [1.82, 2.24) is 4.90 Å². The van der Waals surface area contributed by atoms with Gasteiger partial charge in [-0.25, -0.2) is 4.39 Å². The Morgan fingerprint density at radius 3 is 2.44 bits per heavy atom. The largest absolute Gasteiger partial charge is 0.394 e. The molecule has 5 heteroatoms. The van der Waals surface area contributed by atoms with Crippen molar-refractivity contribution >= 4 is 5.91 Å². The molecule has 0 aromatic heterocycles. The molecule has 1 saturated carbocycles. The monoisotopic (exact) mass is 364 g/mol. The normalized spacial score (nSPS) is 24.6. The highest BCUT2D eigenvalue weighted by molar-refractivity contribution is 5.82. The first-order valence-electron chi connectivity index (χ1n) is 9.33. The van der Waals surface area contributed by atoms with Crippen LogP contribution in [0.1, 0.15) is 30.7 Å². The minimum Gasteiger partial charge on any atom is -0.394 e. The lowest BCUT2D eigenvalue weighted by molar-refractivity contribution is -0.154.